The minimum absolute atomic E-state index is 0.167. The van der Waals surface area contributed by atoms with Gasteiger partial charge in [-0.15, -0.1) is 0 Å². The van der Waals surface area contributed by atoms with Crippen LogP contribution in [0.15, 0.2) is 72.8 Å². The van der Waals surface area contributed by atoms with E-state index in [1.54, 1.807) is 0 Å². The third-order valence-corrected chi connectivity index (χ3v) is 5.48. The first-order valence-electron chi connectivity index (χ1n) is 10.7. The van der Waals surface area contributed by atoms with Crippen molar-refractivity contribution >= 4 is 28.6 Å². The Morgan fingerprint density at radius 3 is 2.59 bits per heavy atom. The number of rotatable bonds is 9. The zero-order chi connectivity index (χ0) is 22.3. The molecule has 0 spiro atoms. The molecule has 5 nitrogen and oxygen atoms in total. The summed E-state index contributed by atoms with van der Waals surface area (Å²) < 4.78 is 12.8. The van der Waals surface area contributed by atoms with Gasteiger partial charge in [0.15, 0.2) is 0 Å². The maximum Gasteiger partial charge on any atom is 0.305 e. The predicted molar refractivity (Wildman–Crippen MR) is 127 cm³/mol. The van der Waals surface area contributed by atoms with Gasteiger partial charge in [0, 0.05) is 28.8 Å². The Labute approximate surface area is 192 Å². The van der Waals surface area contributed by atoms with Crippen LogP contribution in [0.5, 0.6) is 5.75 Å². The van der Waals surface area contributed by atoms with Crippen molar-refractivity contribution in [3.8, 4) is 22.8 Å². The van der Waals surface area contributed by atoms with E-state index in [1.165, 1.54) is 7.11 Å². The van der Waals surface area contributed by atoms with Gasteiger partial charge in [-0.05, 0) is 49.6 Å². The molecule has 0 aliphatic heterocycles. The molecule has 0 aliphatic rings. The summed E-state index contributed by atoms with van der Waals surface area (Å²) in [7, 11) is 1.42. The van der Waals surface area contributed by atoms with Gasteiger partial charge in [-0.3, -0.25) is 9.36 Å². The first-order valence-corrected chi connectivity index (χ1v) is 11.1. The second kappa shape index (κ2) is 10.3. The summed E-state index contributed by atoms with van der Waals surface area (Å²) in [5.41, 5.74) is 3.80. The van der Waals surface area contributed by atoms with Crippen molar-refractivity contribution in [2.75, 3.05) is 13.7 Å². The SMILES string of the molecule is COC(=O)CCCCCOc1ccc2nc(-c3ccccc3)n(-c3cccc(Cl)c3)c2c1. The molecule has 0 fully saturated rings. The van der Waals surface area contributed by atoms with E-state index >= 15 is 0 Å². The lowest BCUT2D eigenvalue weighted by atomic mass is 10.2. The summed E-state index contributed by atoms with van der Waals surface area (Å²) in [5, 5.41) is 0.669. The lowest BCUT2D eigenvalue weighted by Crippen LogP contribution is -2.01. The van der Waals surface area contributed by atoms with Gasteiger partial charge in [-0.25, -0.2) is 4.98 Å². The average Bonchev–Trinajstić information content (AvgIpc) is 3.20. The largest absolute Gasteiger partial charge is 0.494 e. The number of esters is 1. The zero-order valence-electron chi connectivity index (χ0n) is 18.0. The number of ether oxygens (including phenoxy) is 2. The number of benzene rings is 3. The number of aromatic nitrogens is 2. The van der Waals surface area contributed by atoms with Gasteiger partial charge in [-0.1, -0.05) is 48.0 Å². The van der Waals surface area contributed by atoms with Crippen LogP contribution in [-0.2, 0) is 9.53 Å². The molecule has 0 atom stereocenters. The fraction of sp³-hybridized carbons (Fsp3) is 0.231. The summed E-state index contributed by atoms with van der Waals surface area (Å²) in [6.07, 6.45) is 3.04. The molecular weight excluding hydrogens is 424 g/mol. The van der Waals surface area contributed by atoms with E-state index in [4.69, 9.17) is 21.3 Å². The van der Waals surface area contributed by atoms with Crippen molar-refractivity contribution in [1.29, 1.82) is 0 Å². The number of nitrogens with zero attached hydrogens (tertiary/aromatic N) is 2. The van der Waals surface area contributed by atoms with Gasteiger partial charge in [0.1, 0.15) is 11.6 Å². The first-order chi connectivity index (χ1) is 15.7. The fourth-order valence-electron chi connectivity index (χ4n) is 3.64. The van der Waals surface area contributed by atoms with Crippen molar-refractivity contribution < 1.29 is 14.3 Å². The first kappa shape index (κ1) is 21.9. The molecule has 6 heteroatoms. The Balaban J connectivity index is 1.59. The van der Waals surface area contributed by atoms with Crippen LogP contribution >= 0.6 is 11.6 Å². The molecule has 0 amide bonds. The van der Waals surface area contributed by atoms with Gasteiger partial charge in [0.05, 0.1) is 24.8 Å². The Bertz CT molecular complexity index is 1200. The van der Waals surface area contributed by atoms with Crippen molar-refractivity contribution in [3.63, 3.8) is 0 Å². The maximum absolute atomic E-state index is 11.2. The Hall–Kier alpha value is -3.31. The number of halogens is 1. The van der Waals surface area contributed by atoms with Crippen LogP contribution in [0, 0.1) is 0 Å². The third kappa shape index (κ3) is 5.11. The lowest BCUT2D eigenvalue weighted by Gasteiger charge is -2.11. The molecule has 0 aliphatic carbocycles. The normalized spacial score (nSPS) is 10.9. The molecule has 0 saturated heterocycles. The van der Waals surface area contributed by atoms with Gasteiger partial charge in [-0.2, -0.15) is 0 Å². The van der Waals surface area contributed by atoms with Crippen LogP contribution in [0.25, 0.3) is 28.1 Å². The smallest absolute Gasteiger partial charge is 0.305 e. The second-order valence-corrected chi connectivity index (χ2v) is 7.94. The topological polar surface area (TPSA) is 53.4 Å². The third-order valence-electron chi connectivity index (χ3n) is 5.25. The highest BCUT2D eigenvalue weighted by Crippen LogP contribution is 2.31. The molecule has 3 aromatic carbocycles. The van der Waals surface area contributed by atoms with Crippen LogP contribution in [-0.4, -0.2) is 29.2 Å². The second-order valence-electron chi connectivity index (χ2n) is 7.50. The van der Waals surface area contributed by atoms with Crippen molar-refractivity contribution in [3.05, 3.63) is 77.8 Å². The number of methoxy groups -OCH3 is 1. The quantitative estimate of drug-likeness (QED) is 0.218. The molecule has 0 unspecified atom stereocenters. The summed E-state index contributed by atoms with van der Waals surface area (Å²) in [5.74, 6) is 1.47. The van der Waals surface area contributed by atoms with Crippen LogP contribution in [0.1, 0.15) is 25.7 Å². The number of unbranched alkanes of at least 4 members (excludes halogenated alkanes) is 2. The highest BCUT2D eigenvalue weighted by Gasteiger charge is 2.15. The van der Waals surface area contributed by atoms with Crippen LogP contribution in [0.2, 0.25) is 5.02 Å². The van der Waals surface area contributed by atoms with Crippen molar-refractivity contribution in [2.45, 2.75) is 25.7 Å². The molecule has 4 aromatic rings. The molecule has 164 valence electrons. The summed E-state index contributed by atoms with van der Waals surface area (Å²) >= 11 is 6.29. The molecule has 1 aromatic heterocycles. The van der Waals surface area contributed by atoms with Crippen molar-refractivity contribution in [1.82, 2.24) is 9.55 Å². The lowest BCUT2D eigenvalue weighted by molar-refractivity contribution is -0.140. The zero-order valence-corrected chi connectivity index (χ0v) is 18.7. The van der Waals surface area contributed by atoms with E-state index < -0.39 is 0 Å². The van der Waals surface area contributed by atoms with Gasteiger partial charge < -0.3 is 9.47 Å². The summed E-state index contributed by atoms with van der Waals surface area (Å²) in [6, 6.07) is 23.8. The van der Waals surface area contributed by atoms with Crippen LogP contribution in [0.3, 0.4) is 0 Å². The monoisotopic (exact) mass is 448 g/mol. The van der Waals surface area contributed by atoms with E-state index in [0.29, 0.717) is 18.1 Å². The van der Waals surface area contributed by atoms with Crippen molar-refractivity contribution in [2.24, 2.45) is 0 Å². The number of fused-ring (bicyclic) bond motifs is 1. The number of hydrogen-bond donors (Lipinski definition) is 0. The average molecular weight is 449 g/mol. The molecule has 1 heterocycles. The minimum atomic E-state index is -0.167. The number of carbonyl (C=O) groups is 1. The Morgan fingerprint density at radius 1 is 0.969 bits per heavy atom. The van der Waals surface area contributed by atoms with E-state index in [9.17, 15) is 4.79 Å². The molecular formula is C26H25ClN2O3. The molecule has 0 radical (unpaired) electrons. The predicted octanol–water partition coefficient (Wildman–Crippen LogP) is 6.46. The Morgan fingerprint density at radius 2 is 1.81 bits per heavy atom. The molecule has 0 bridgehead atoms. The number of carbonyl (C=O) groups excluding carboxylic acids is 1. The molecule has 32 heavy (non-hydrogen) atoms. The minimum Gasteiger partial charge on any atom is -0.494 e. The molecule has 0 saturated carbocycles. The summed E-state index contributed by atoms with van der Waals surface area (Å²) in [4.78, 5) is 16.1. The van der Waals surface area contributed by atoms with Gasteiger partial charge >= 0.3 is 5.97 Å². The standard InChI is InChI=1S/C26H25ClN2O3/c1-31-25(30)13-6-3-7-16-32-22-14-15-23-24(18-22)29(21-12-8-11-20(27)17-21)26(28-23)19-9-4-2-5-10-19/h2,4-5,8-12,14-15,17-18H,3,6-7,13,16H2,1H3. The van der Waals surface area contributed by atoms with E-state index in [1.807, 2.05) is 72.8 Å². The van der Waals surface area contributed by atoms with E-state index in [2.05, 4.69) is 9.30 Å². The fourth-order valence-corrected chi connectivity index (χ4v) is 3.83. The van der Waals surface area contributed by atoms with E-state index in [-0.39, 0.29) is 5.97 Å². The number of hydrogen-bond acceptors (Lipinski definition) is 4. The Kier molecular flexibility index (Phi) is 7.07. The number of imidazole rings is 1. The van der Waals surface area contributed by atoms with Crippen LogP contribution in [0.4, 0.5) is 0 Å². The maximum atomic E-state index is 11.2. The van der Waals surface area contributed by atoms with E-state index in [0.717, 1.165) is 53.1 Å². The highest BCUT2D eigenvalue weighted by molar-refractivity contribution is 6.30. The van der Waals surface area contributed by atoms with Crippen LogP contribution < -0.4 is 4.74 Å². The molecule has 0 N–H and O–H groups in total. The van der Waals surface area contributed by atoms with Gasteiger partial charge in [0.25, 0.3) is 0 Å². The molecule has 4 rings (SSSR count). The highest BCUT2D eigenvalue weighted by atomic mass is 35.5. The summed E-state index contributed by atoms with van der Waals surface area (Å²) in [6.45, 7) is 0.587. The van der Waals surface area contributed by atoms with Gasteiger partial charge in [0.2, 0.25) is 0 Å².